The summed E-state index contributed by atoms with van der Waals surface area (Å²) in [7, 11) is 0. The van der Waals surface area contributed by atoms with Gasteiger partial charge < -0.3 is 0 Å². The smallest absolute Gasteiger partial charge is 0.138 e. The summed E-state index contributed by atoms with van der Waals surface area (Å²) in [6.45, 7) is 17.5. The molecule has 0 aliphatic carbocycles. The first kappa shape index (κ1) is 30.9. The Morgan fingerprint density at radius 2 is 0.659 bits per heavy atom. The van der Waals surface area contributed by atoms with Crippen LogP contribution in [0.25, 0.3) is 0 Å². The Bertz CT molecular complexity index is 1410. The van der Waals surface area contributed by atoms with E-state index in [-0.39, 0.29) is 0 Å². The minimum atomic E-state index is 0.398. The highest BCUT2D eigenvalue weighted by Crippen LogP contribution is 2.39. The van der Waals surface area contributed by atoms with E-state index in [9.17, 15) is 0 Å². The molecular formula is C38H44N6. The summed E-state index contributed by atoms with van der Waals surface area (Å²) in [5.41, 5.74) is 6.68. The van der Waals surface area contributed by atoms with E-state index in [1.807, 2.05) is 24.8 Å². The van der Waals surface area contributed by atoms with Gasteiger partial charge in [0.2, 0.25) is 0 Å². The van der Waals surface area contributed by atoms with Crippen LogP contribution in [0.3, 0.4) is 0 Å². The Balaban J connectivity index is 1.64. The number of rotatable bonds is 10. The fourth-order valence-electron chi connectivity index (χ4n) is 5.02. The SMILES string of the molecule is CC(C)c1ccc(N(c2cccc(N(c3ccc(C(C)C)cn3)c3ccc(C(C)C)cn3)c2)c2ccc(C(C)C)cn2)nc1. The van der Waals surface area contributed by atoms with Gasteiger partial charge in [-0.1, -0.05) is 85.7 Å². The van der Waals surface area contributed by atoms with Gasteiger partial charge in [-0.25, -0.2) is 19.9 Å². The van der Waals surface area contributed by atoms with Gasteiger partial charge >= 0.3 is 0 Å². The minimum absolute atomic E-state index is 0.398. The van der Waals surface area contributed by atoms with Crippen LogP contribution < -0.4 is 9.80 Å². The maximum atomic E-state index is 4.90. The molecule has 5 rings (SSSR count). The van der Waals surface area contributed by atoms with E-state index in [1.54, 1.807) is 0 Å². The van der Waals surface area contributed by atoms with Gasteiger partial charge in [0.25, 0.3) is 0 Å². The van der Waals surface area contributed by atoms with Crippen LogP contribution in [0.1, 0.15) is 101 Å². The first-order valence-electron chi connectivity index (χ1n) is 15.7. The number of pyridine rings is 4. The molecule has 0 saturated heterocycles. The molecule has 5 aromatic rings. The van der Waals surface area contributed by atoms with Crippen LogP contribution in [0.2, 0.25) is 0 Å². The molecule has 44 heavy (non-hydrogen) atoms. The lowest BCUT2D eigenvalue weighted by Crippen LogP contribution is -2.16. The summed E-state index contributed by atoms with van der Waals surface area (Å²) in [6.07, 6.45) is 7.86. The molecule has 0 bridgehead atoms. The monoisotopic (exact) mass is 584 g/mol. The zero-order chi connectivity index (χ0) is 31.4. The fraction of sp³-hybridized carbons (Fsp3) is 0.316. The van der Waals surface area contributed by atoms with Crippen LogP contribution in [-0.4, -0.2) is 19.9 Å². The molecule has 6 heteroatoms. The van der Waals surface area contributed by atoms with Crippen molar-refractivity contribution in [2.75, 3.05) is 9.80 Å². The lowest BCUT2D eigenvalue weighted by Gasteiger charge is -2.27. The molecule has 0 unspecified atom stereocenters. The summed E-state index contributed by atoms with van der Waals surface area (Å²) in [6, 6.07) is 25.4. The number of anilines is 6. The highest BCUT2D eigenvalue weighted by Gasteiger charge is 2.20. The van der Waals surface area contributed by atoms with Crippen molar-refractivity contribution in [2.45, 2.75) is 79.1 Å². The standard InChI is InChI=1S/C38H44N6/c1-25(2)29-12-16-35(39-21-29)43(36-17-13-30(22-40-36)26(3)4)33-10-9-11-34(20-33)44(37-18-14-31(23-41-37)27(5)6)38-19-15-32(24-42-38)28(7)8/h9-28H,1-8H3. The van der Waals surface area contributed by atoms with Gasteiger partial charge in [-0.15, -0.1) is 0 Å². The quantitative estimate of drug-likeness (QED) is 0.163. The highest BCUT2D eigenvalue weighted by molar-refractivity contribution is 5.79. The molecule has 0 spiro atoms. The van der Waals surface area contributed by atoms with E-state index < -0.39 is 0 Å². The lowest BCUT2D eigenvalue weighted by atomic mass is 10.1. The molecule has 4 heterocycles. The van der Waals surface area contributed by atoms with Crippen molar-refractivity contribution in [2.24, 2.45) is 0 Å². The summed E-state index contributed by atoms with van der Waals surface area (Å²) in [5, 5.41) is 0. The third kappa shape index (κ3) is 6.80. The van der Waals surface area contributed by atoms with Crippen LogP contribution in [0.15, 0.2) is 97.6 Å². The summed E-state index contributed by atoms with van der Waals surface area (Å²) >= 11 is 0. The van der Waals surface area contributed by atoms with Gasteiger partial charge in [0, 0.05) is 24.8 Å². The molecule has 0 amide bonds. The van der Waals surface area contributed by atoms with Gasteiger partial charge in [-0.05, 0) is 88.4 Å². The van der Waals surface area contributed by atoms with Crippen LogP contribution in [0.5, 0.6) is 0 Å². The second kappa shape index (κ2) is 13.4. The Morgan fingerprint density at radius 1 is 0.386 bits per heavy atom. The molecule has 226 valence electrons. The second-order valence-corrected chi connectivity index (χ2v) is 12.6. The van der Waals surface area contributed by atoms with Crippen molar-refractivity contribution in [1.29, 1.82) is 0 Å². The zero-order valence-electron chi connectivity index (χ0n) is 27.2. The van der Waals surface area contributed by atoms with Crippen molar-refractivity contribution in [3.63, 3.8) is 0 Å². The Hall–Kier alpha value is -4.58. The largest absolute Gasteiger partial charge is 0.279 e. The number of nitrogens with zero attached hydrogens (tertiary/aromatic N) is 6. The Labute approximate surface area is 262 Å². The zero-order valence-corrected chi connectivity index (χ0v) is 27.2. The predicted octanol–water partition coefficient (Wildman–Crippen LogP) is 10.7. The van der Waals surface area contributed by atoms with E-state index in [2.05, 4.69) is 138 Å². The first-order chi connectivity index (χ1) is 21.1. The molecule has 0 aliphatic heterocycles. The number of benzene rings is 1. The molecule has 0 atom stereocenters. The fourth-order valence-corrected chi connectivity index (χ4v) is 5.02. The van der Waals surface area contributed by atoms with E-state index in [4.69, 9.17) is 19.9 Å². The maximum Gasteiger partial charge on any atom is 0.138 e. The lowest BCUT2D eigenvalue weighted by molar-refractivity contribution is 0.854. The van der Waals surface area contributed by atoms with E-state index in [1.165, 1.54) is 22.3 Å². The van der Waals surface area contributed by atoms with E-state index in [0.717, 1.165) is 34.6 Å². The number of hydrogen-bond acceptors (Lipinski definition) is 6. The third-order valence-corrected chi connectivity index (χ3v) is 8.01. The first-order valence-corrected chi connectivity index (χ1v) is 15.7. The van der Waals surface area contributed by atoms with Crippen molar-refractivity contribution in [3.8, 4) is 0 Å². The van der Waals surface area contributed by atoms with Gasteiger partial charge in [0.15, 0.2) is 0 Å². The average molecular weight is 585 g/mol. The summed E-state index contributed by atoms with van der Waals surface area (Å²) in [5.74, 6) is 4.82. The van der Waals surface area contributed by atoms with Crippen LogP contribution in [0.4, 0.5) is 34.6 Å². The molecule has 1 aromatic carbocycles. The van der Waals surface area contributed by atoms with Gasteiger partial charge in [0.05, 0.1) is 11.4 Å². The van der Waals surface area contributed by atoms with Crippen LogP contribution in [0, 0.1) is 0 Å². The molecule has 0 fully saturated rings. The van der Waals surface area contributed by atoms with Gasteiger partial charge in [0.1, 0.15) is 23.3 Å². The molecule has 6 nitrogen and oxygen atoms in total. The second-order valence-electron chi connectivity index (χ2n) is 12.6. The number of hydrogen-bond donors (Lipinski definition) is 0. The van der Waals surface area contributed by atoms with Crippen LogP contribution in [-0.2, 0) is 0 Å². The van der Waals surface area contributed by atoms with E-state index in [0.29, 0.717) is 23.7 Å². The minimum Gasteiger partial charge on any atom is -0.279 e. The van der Waals surface area contributed by atoms with Gasteiger partial charge in [-0.3, -0.25) is 9.80 Å². The molecule has 4 aromatic heterocycles. The molecule has 0 saturated carbocycles. The van der Waals surface area contributed by atoms with Crippen molar-refractivity contribution >= 4 is 34.6 Å². The van der Waals surface area contributed by atoms with Crippen LogP contribution >= 0.6 is 0 Å². The number of aromatic nitrogens is 4. The van der Waals surface area contributed by atoms with Crippen molar-refractivity contribution in [1.82, 2.24) is 19.9 Å². The van der Waals surface area contributed by atoms with E-state index >= 15 is 0 Å². The average Bonchev–Trinajstić information content (AvgIpc) is 3.02. The summed E-state index contributed by atoms with van der Waals surface area (Å²) in [4.78, 5) is 23.8. The Kier molecular flexibility index (Phi) is 9.38. The molecule has 0 aliphatic rings. The molecular weight excluding hydrogens is 540 g/mol. The Morgan fingerprint density at radius 3 is 0.864 bits per heavy atom. The highest BCUT2D eigenvalue weighted by atomic mass is 15.3. The maximum absolute atomic E-state index is 4.90. The topological polar surface area (TPSA) is 58.0 Å². The van der Waals surface area contributed by atoms with Crippen molar-refractivity contribution < 1.29 is 0 Å². The summed E-state index contributed by atoms with van der Waals surface area (Å²) < 4.78 is 0. The van der Waals surface area contributed by atoms with Crippen molar-refractivity contribution in [3.05, 3.63) is 120 Å². The third-order valence-electron chi connectivity index (χ3n) is 8.01. The normalized spacial score (nSPS) is 11.5. The molecule has 0 N–H and O–H groups in total. The predicted molar refractivity (Wildman–Crippen MR) is 183 cm³/mol. The van der Waals surface area contributed by atoms with Gasteiger partial charge in [-0.2, -0.15) is 0 Å². The molecule has 0 radical (unpaired) electrons.